The van der Waals surface area contributed by atoms with E-state index >= 15 is 0 Å². The molecule has 1 aromatic carbocycles. The summed E-state index contributed by atoms with van der Waals surface area (Å²) < 4.78 is 4.80. The average molecular weight is 355 g/mol. The largest absolute Gasteiger partial charge is 0.465 e. The van der Waals surface area contributed by atoms with E-state index in [1.54, 1.807) is 6.33 Å². The summed E-state index contributed by atoms with van der Waals surface area (Å²) in [5.41, 5.74) is 3.02. The SMILES string of the molecule is COC(=O)c1ccc2c(c1)CCN(c1cc(NCCN(C)C)ncn1)C2. The fraction of sp³-hybridized carbons (Fsp3) is 0.421. The van der Waals surface area contributed by atoms with Crippen molar-refractivity contribution in [3.8, 4) is 0 Å². The van der Waals surface area contributed by atoms with Crippen LogP contribution in [0.3, 0.4) is 0 Å². The van der Waals surface area contributed by atoms with Crippen LogP contribution in [0.15, 0.2) is 30.6 Å². The normalized spacial score (nSPS) is 13.5. The van der Waals surface area contributed by atoms with Crippen molar-refractivity contribution in [2.24, 2.45) is 0 Å². The van der Waals surface area contributed by atoms with Gasteiger partial charge in [-0.15, -0.1) is 0 Å². The van der Waals surface area contributed by atoms with Gasteiger partial charge in [0.15, 0.2) is 0 Å². The van der Waals surface area contributed by atoms with E-state index in [9.17, 15) is 4.79 Å². The second-order valence-corrected chi connectivity index (χ2v) is 6.64. The van der Waals surface area contributed by atoms with E-state index in [2.05, 4.69) is 25.1 Å². The van der Waals surface area contributed by atoms with Gasteiger partial charge >= 0.3 is 5.97 Å². The molecule has 0 aliphatic carbocycles. The first kappa shape index (κ1) is 18.1. The fourth-order valence-corrected chi connectivity index (χ4v) is 3.02. The molecule has 1 aliphatic rings. The van der Waals surface area contributed by atoms with Gasteiger partial charge in [-0.2, -0.15) is 0 Å². The molecule has 3 rings (SSSR count). The van der Waals surface area contributed by atoms with Gasteiger partial charge in [0.25, 0.3) is 0 Å². The highest BCUT2D eigenvalue weighted by atomic mass is 16.5. The Morgan fingerprint density at radius 3 is 2.88 bits per heavy atom. The standard InChI is InChI=1S/C19H25N5O2/c1-23(2)9-7-20-17-11-18(22-13-21-17)24-8-6-14-10-15(19(25)26-3)4-5-16(14)12-24/h4-5,10-11,13H,6-9,12H2,1-3H3,(H,20,21,22). The summed E-state index contributed by atoms with van der Waals surface area (Å²) >= 11 is 0. The number of esters is 1. The quantitative estimate of drug-likeness (QED) is 0.792. The number of ether oxygens (including phenoxy) is 1. The van der Waals surface area contributed by atoms with Crippen molar-refractivity contribution in [2.45, 2.75) is 13.0 Å². The van der Waals surface area contributed by atoms with Crippen molar-refractivity contribution in [3.05, 3.63) is 47.3 Å². The molecular weight excluding hydrogens is 330 g/mol. The van der Waals surface area contributed by atoms with Crippen molar-refractivity contribution >= 4 is 17.6 Å². The zero-order chi connectivity index (χ0) is 18.5. The molecule has 0 atom stereocenters. The smallest absolute Gasteiger partial charge is 0.337 e. The van der Waals surface area contributed by atoms with Gasteiger partial charge in [-0.3, -0.25) is 0 Å². The third kappa shape index (κ3) is 4.29. The first-order chi connectivity index (χ1) is 12.6. The van der Waals surface area contributed by atoms with E-state index in [4.69, 9.17) is 4.74 Å². The highest BCUT2D eigenvalue weighted by Crippen LogP contribution is 2.25. The lowest BCUT2D eigenvalue weighted by Gasteiger charge is -2.30. The van der Waals surface area contributed by atoms with Crippen molar-refractivity contribution in [3.63, 3.8) is 0 Å². The third-order valence-corrected chi connectivity index (χ3v) is 4.48. The van der Waals surface area contributed by atoms with E-state index in [-0.39, 0.29) is 5.97 Å². The summed E-state index contributed by atoms with van der Waals surface area (Å²) in [5, 5.41) is 3.33. The van der Waals surface area contributed by atoms with Gasteiger partial charge in [0.1, 0.15) is 18.0 Å². The number of nitrogens with zero attached hydrogens (tertiary/aromatic N) is 4. The van der Waals surface area contributed by atoms with Crippen LogP contribution in [0.2, 0.25) is 0 Å². The number of carbonyl (C=O) groups is 1. The maximum Gasteiger partial charge on any atom is 0.337 e. The Labute approximate surface area is 154 Å². The predicted octanol–water partition coefficient (Wildman–Crippen LogP) is 1.80. The number of anilines is 2. The van der Waals surface area contributed by atoms with E-state index in [1.165, 1.54) is 18.2 Å². The highest BCUT2D eigenvalue weighted by Gasteiger charge is 2.19. The van der Waals surface area contributed by atoms with Gasteiger partial charge in [0, 0.05) is 32.2 Å². The second-order valence-electron chi connectivity index (χ2n) is 6.64. The van der Waals surface area contributed by atoms with Crippen LogP contribution in [-0.4, -0.2) is 61.7 Å². The molecule has 26 heavy (non-hydrogen) atoms. The molecule has 0 amide bonds. The molecule has 1 aliphatic heterocycles. The van der Waals surface area contributed by atoms with Crippen molar-refractivity contribution < 1.29 is 9.53 Å². The number of likely N-dealkylation sites (N-methyl/N-ethyl adjacent to an activating group) is 1. The molecule has 7 nitrogen and oxygen atoms in total. The Morgan fingerprint density at radius 1 is 1.27 bits per heavy atom. The third-order valence-electron chi connectivity index (χ3n) is 4.48. The lowest BCUT2D eigenvalue weighted by atomic mass is 9.97. The Morgan fingerprint density at radius 2 is 2.12 bits per heavy atom. The van der Waals surface area contributed by atoms with Gasteiger partial charge < -0.3 is 19.9 Å². The topological polar surface area (TPSA) is 70.6 Å². The van der Waals surface area contributed by atoms with Crippen LogP contribution in [0, 0.1) is 0 Å². The fourth-order valence-electron chi connectivity index (χ4n) is 3.02. The average Bonchev–Trinajstić information content (AvgIpc) is 2.66. The van der Waals surface area contributed by atoms with E-state index in [0.717, 1.165) is 44.2 Å². The van der Waals surface area contributed by atoms with Gasteiger partial charge in [0.05, 0.1) is 12.7 Å². The molecule has 0 bridgehead atoms. The summed E-state index contributed by atoms with van der Waals surface area (Å²) in [6.07, 6.45) is 2.47. The molecule has 0 unspecified atom stereocenters. The zero-order valence-electron chi connectivity index (χ0n) is 15.5. The van der Waals surface area contributed by atoms with E-state index < -0.39 is 0 Å². The molecule has 7 heteroatoms. The first-order valence-electron chi connectivity index (χ1n) is 8.72. The Kier molecular flexibility index (Phi) is 5.68. The van der Waals surface area contributed by atoms with Crippen LogP contribution in [0.25, 0.3) is 0 Å². The molecule has 0 saturated heterocycles. The molecule has 0 spiro atoms. The van der Waals surface area contributed by atoms with Gasteiger partial charge in [-0.05, 0) is 43.8 Å². The molecule has 2 aromatic rings. The maximum absolute atomic E-state index is 11.7. The summed E-state index contributed by atoms with van der Waals surface area (Å²) in [6, 6.07) is 7.75. The summed E-state index contributed by atoms with van der Waals surface area (Å²) in [4.78, 5) is 24.8. The lowest BCUT2D eigenvalue weighted by molar-refractivity contribution is 0.0600. The van der Waals surface area contributed by atoms with Crippen LogP contribution in [0.1, 0.15) is 21.5 Å². The van der Waals surface area contributed by atoms with Crippen LogP contribution < -0.4 is 10.2 Å². The Balaban J connectivity index is 1.69. The number of rotatable bonds is 6. The molecule has 0 radical (unpaired) electrons. The van der Waals surface area contributed by atoms with Crippen LogP contribution in [-0.2, 0) is 17.7 Å². The number of hydrogen-bond acceptors (Lipinski definition) is 7. The molecule has 1 N–H and O–H groups in total. The van der Waals surface area contributed by atoms with Gasteiger partial charge in [0.2, 0.25) is 0 Å². The number of methoxy groups -OCH3 is 1. The molecule has 0 fully saturated rings. The Hall–Kier alpha value is -2.67. The number of benzene rings is 1. The summed E-state index contributed by atoms with van der Waals surface area (Å²) in [5.74, 6) is 1.46. The van der Waals surface area contributed by atoms with Gasteiger partial charge in [-0.1, -0.05) is 6.07 Å². The lowest BCUT2D eigenvalue weighted by Crippen LogP contribution is -2.31. The summed E-state index contributed by atoms with van der Waals surface area (Å²) in [6.45, 7) is 3.40. The molecule has 1 aromatic heterocycles. The van der Waals surface area contributed by atoms with Gasteiger partial charge in [-0.25, -0.2) is 14.8 Å². The van der Waals surface area contributed by atoms with E-state index in [1.807, 2.05) is 38.4 Å². The van der Waals surface area contributed by atoms with Crippen LogP contribution in [0.4, 0.5) is 11.6 Å². The zero-order valence-corrected chi connectivity index (χ0v) is 15.5. The van der Waals surface area contributed by atoms with Crippen molar-refractivity contribution in [1.82, 2.24) is 14.9 Å². The molecule has 0 saturated carbocycles. The minimum Gasteiger partial charge on any atom is -0.465 e. The second kappa shape index (κ2) is 8.14. The van der Waals surface area contributed by atoms with Crippen LogP contribution in [0.5, 0.6) is 0 Å². The minimum atomic E-state index is -0.292. The number of carbonyl (C=O) groups excluding carboxylic acids is 1. The molecule has 138 valence electrons. The number of aromatic nitrogens is 2. The highest BCUT2D eigenvalue weighted by molar-refractivity contribution is 5.89. The monoisotopic (exact) mass is 355 g/mol. The predicted molar refractivity (Wildman–Crippen MR) is 102 cm³/mol. The molecule has 2 heterocycles. The molecular formula is C19H25N5O2. The summed E-state index contributed by atoms with van der Waals surface area (Å²) in [7, 11) is 5.50. The number of fused-ring (bicyclic) bond motifs is 1. The Bertz CT molecular complexity index is 778. The minimum absolute atomic E-state index is 0.292. The van der Waals surface area contributed by atoms with E-state index in [0.29, 0.717) is 5.56 Å². The van der Waals surface area contributed by atoms with Crippen molar-refractivity contribution in [2.75, 3.05) is 51.1 Å². The first-order valence-corrected chi connectivity index (χ1v) is 8.72. The number of hydrogen-bond donors (Lipinski definition) is 1. The maximum atomic E-state index is 11.7. The van der Waals surface area contributed by atoms with Crippen LogP contribution >= 0.6 is 0 Å². The number of nitrogens with one attached hydrogen (secondary N) is 1. The van der Waals surface area contributed by atoms with Crippen molar-refractivity contribution in [1.29, 1.82) is 0 Å².